The van der Waals surface area contributed by atoms with Gasteiger partial charge in [-0.15, -0.1) is 11.8 Å². The van der Waals surface area contributed by atoms with E-state index in [0.29, 0.717) is 6.54 Å². The number of likely N-dealkylation sites (N-methyl/N-ethyl adjacent to an activating group) is 1. The Morgan fingerprint density at radius 3 is 2.58 bits per heavy atom. The number of thioether (sulfide) groups is 1. The van der Waals surface area contributed by atoms with Crippen LogP contribution < -0.4 is 0 Å². The van der Waals surface area contributed by atoms with Crippen LogP contribution in [0.3, 0.4) is 0 Å². The zero-order valence-electron chi connectivity index (χ0n) is 13.4. The molecule has 1 aliphatic heterocycles. The molecule has 124 valence electrons. The number of nitrogens with zero attached hydrogens (tertiary/aromatic N) is 1. The molecule has 5 heteroatoms. The van der Waals surface area contributed by atoms with E-state index in [1.165, 1.54) is 5.56 Å². The smallest absolute Gasteiger partial charge is 0.335 e. The number of carboxylic acids is 1. The van der Waals surface area contributed by atoms with Crippen LogP contribution in [0.15, 0.2) is 48.5 Å². The van der Waals surface area contributed by atoms with Crippen LogP contribution in [0, 0.1) is 0 Å². The van der Waals surface area contributed by atoms with Crippen molar-refractivity contribution in [1.82, 2.24) is 4.90 Å². The van der Waals surface area contributed by atoms with Crippen molar-refractivity contribution in [3.05, 3.63) is 70.8 Å². The van der Waals surface area contributed by atoms with Crippen molar-refractivity contribution in [2.24, 2.45) is 0 Å². The molecule has 0 fully saturated rings. The molecule has 1 aliphatic rings. The van der Waals surface area contributed by atoms with Crippen LogP contribution >= 0.6 is 11.8 Å². The number of aryl methyl sites for hydroxylation is 1. The molecule has 1 N–H and O–H groups in total. The molecule has 2 aromatic rings. The van der Waals surface area contributed by atoms with Crippen molar-refractivity contribution in [2.45, 2.75) is 18.2 Å². The second-order valence-electron chi connectivity index (χ2n) is 5.90. The number of fused-ring (bicyclic) bond motifs is 1. The van der Waals surface area contributed by atoms with Crippen LogP contribution in [0.2, 0.25) is 0 Å². The molecule has 0 bridgehead atoms. The topological polar surface area (TPSA) is 57.6 Å². The van der Waals surface area contributed by atoms with E-state index in [-0.39, 0.29) is 16.7 Å². The number of carbonyl (C=O) groups excluding carboxylic acids is 1. The van der Waals surface area contributed by atoms with Gasteiger partial charge in [0.15, 0.2) is 0 Å². The lowest BCUT2D eigenvalue weighted by atomic mass is 10.0. The molecule has 0 radical (unpaired) electrons. The van der Waals surface area contributed by atoms with E-state index in [2.05, 4.69) is 6.07 Å². The summed E-state index contributed by atoms with van der Waals surface area (Å²) in [6, 6.07) is 14.8. The number of aromatic carboxylic acids is 1. The summed E-state index contributed by atoms with van der Waals surface area (Å²) in [5, 5.41) is 8.79. The van der Waals surface area contributed by atoms with E-state index >= 15 is 0 Å². The normalized spacial score (nSPS) is 16.3. The van der Waals surface area contributed by atoms with Crippen LogP contribution in [-0.2, 0) is 17.8 Å². The average molecular weight is 341 g/mol. The minimum Gasteiger partial charge on any atom is -0.478 e. The molecular formula is C19H19NO3S. The third kappa shape index (κ3) is 3.46. The Morgan fingerprint density at radius 1 is 1.17 bits per heavy atom. The molecule has 1 atom stereocenters. The van der Waals surface area contributed by atoms with Gasteiger partial charge >= 0.3 is 5.97 Å². The van der Waals surface area contributed by atoms with E-state index < -0.39 is 5.97 Å². The second-order valence-corrected chi connectivity index (χ2v) is 7.11. The highest BCUT2D eigenvalue weighted by molar-refractivity contribution is 8.00. The predicted octanol–water partition coefficient (Wildman–Crippen LogP) is 3.37. The Balaban J connectivity index is 1.72. The van der Waals surface area contributed by atoms with Gasteiger partial charge in [-0.2, -0.15) is 0 Å². The predicted molar refractivity (Wildman–Crippen MR) is 95.2 cm³/mol. The van der Waals surface area contributed by atoms with Crippen molar-refractivity contribution >= 4 is 23.6 Å². The fourth-order valence-corrected chi connectivity index (χ4v) is 4.21. The number of hydrogen-bond acceptors (Lipinski definition) is 3. The van der Waals surface area contributed by atoms with Gasteiger partial charge in [-0.05, 0) is 41.0 Å². The molecule has 24 heavy (non-hydrogen) atoms. The van der Waals surface area contributed by atoms with Gasteiger partial charge in [0.1, 0.15) is 5.25 Å². The lowest BCUT2D eigenvalue weighted by Crippen LogP contribution is -2.31. The molecule has 1 amide bonds. The van der Waals surface area contributed by atoms with E-state index in [1.54, 1.807) is 48.0 Å². The minimum absolute atomic E-state index is 0.0921. The quantitative estimate of drug-likeness (QED) is 0.926. The van der Waals surface area contributed by atoms with Crippen LogP contribution in [0.1, 0.15) is 32.3 Å². The van der Waals surface area contributed by atoms with Crippen molar-refractivity contribution < 1.29 is 14.7 Å². The molecule has 2 aromatic carbocycles. The van der Waals surface area contributed by atoms with E-state index in [4.69, 9.17) is 5.11 Å². The van der Waals surface area contributed by atoms with Crippen LogP contribution in [0.25, 0.3) is 0 Å². The van der Waals surface area contributed by atoms with Crippen LogP contribution in [0.4, 0.5) is 0 Å². The summed E-state index contributed by atoms with van der Waals surface area (Å²) in [7, 11) is 1.80. The first-order chi connectivity index (χ1) is 11.6. The van der Waals surface area contributed by atoms with Gasteiger partial charge in [0, 0.05) is 13.6 Å². The largest absolute Gasteiger partial charge is 0.478 e. The Kier molecular flexibility index (Phi) is 4.90. The summed E-state index contributed by atoms with van der Waals surface area (Å²) in [6.07, 6.45) is 1.00. The number of amides is 1. The van der Waals surface area contributed by atoms with E-state index in [9.17, 15) is 9.59 Å². The van der Waals surface area contributed by atoms with Crippen LogP contribution in [0.5, 0.6) is 0 Å². The lowest BCUT2D eigenvalue weighted by molar-refractivity contribution is -0.130. The highest BCUT2D eigenvalue weighted by Crippen LogP contribution is 2.37. The first kappa shape index (κ1) is 16.6. The number of carboxylic acid groups (broad SMARTS) is 1. The first-order valence-electron chi connectivity index (χ1n) is 7.83. The van der Waals surface area contributed by atoms with Gasteiger partial charge in [0.2, 0.25) is 5.91 Å². The minimum atomic E-state index is -0.943. The van der Waals surface area contributed by atoms with Gasteiger partial charge in [-0.3, -0.25) is 4.79 Å². The van der Waals surface area contributed by atoms with Gasteiger partial charge < -0.3 is 10.0 Å². The monoisotopic (exact) mass is 341 g/mol. The summed E-state index contributed by atoms with van der Waals surface area (Å²) < 4.78 is 0. The molecule has 0 spiro atoms. The highest BCUT2D eigenvalue weighted by Gasteiger charge is 2.29. The van der Waals surface area contributed by atoms with E-state index in [1.807, 2.05) is 18.2 Å². The summed E-state index contributed by atoms with van der Waals surface area (Å²) >= 11 is 1.69. The number of rotatable bonds is 4. The van der Waals surface area contributed by atoms with E-state index in [0.717, 1.165) is 23.3 Å². The molecule has 1 unspecified atom stereocenters. The lowest BCUT2D eigenvalue weighted by Gasteiger charge is -2.28. The van der Waals surface area contributed by atoms with Gasteiger partial charge in [0.25, 0.3) is 0 Å². The highest BCUT2D eigenvalue weighted by atomic mass is 32.2. The molecule has 0 aliphatic carbocycles. The summed E-state index contributed by atoms with van der Waals surface area (Å²) in [6.45, 7) is 0.470. The SMILES string of the molecule is CN(Cc1ccc(C(=O)O)cc1)C(=O)C1SCCc2ccccc21. The third-order valence-electron chi connectivity index (χ3n) is 4.21. The Morgan fingerprint density at radius 2 is 1.88 bits per heavy atom. The number of hydrogen-bond donors (Lipinski definition) is 1. The molecular weight excluding hydrogens is 322 g/mol. The number of carbonyl (C=O) groups is 2. The maximum Gasteiger partial charge on any atom is 0.335 e. The molecule has 1 heterocycles. The Labute approximate surface area is 145 Å². The van der Waals surface area contributed by atoms with Gasteiger partial charge in [-0.25, -0.2) is 4.79 Å². The fraction of sp³-hybridized carbons (Fsp3) is 0.263. The summed E-state index contributed by atoms with van der Waals surface area (Å²) in [4.78, 5) is 25.5. The van der Waals surface area contributed by atoms with Crippen molar-refractivity contribution in [1.29, 1.82) is 0 Å². The molecule has 0 aromatic heterocycles. The van der Waals surface area contributed by atoms with Crippen molar-refractivity contribution in [3.63, 3.8) is 0 Å². The van der Waals surface area contributed by atoms with Crippen molar-refractivity contribution in [2.75, 3.05) is 12.8 Å². The summed E-state index contributed by atoms with van der Waals surface area (Å²) in [5.74, 6) is 0.102. The molecule has 0 saturated carbocycles. The molecule has 0 saturated heterocycles. The zero-order chi connectivity index (χ0) is 17.1. The summed E-state index contributed by atoms with van der Waals surface area (Å²) in [5.41, 5.74) is 3.55. The first-order valence-corrected chi connectivity index (χ1v) is 8.88. The maximum atomic E-state index is 12.9. The Hall–Kier alpha value is -2.27. The molecule has 4 nitrogen and oxygen atoms in total. The van der Waals surface area contributed by atoms with Gasteiger partial charge in [0.05, 0.1) is 5.56 Å². The van der Waals surface area contributed by atoms with Gasteiger partial charge in [-0.1, -0.05) is 36.4 Å². The number of benzene rings is 2. The van der Waals surface area contributed by atoms with Crippen LogP contribution in [-0.4, -0.2) is 34.7 Å². The standard InChI is InChI=1S/C19H19NO3S/c1-20(12-13-6-8-15(9-7-13)19(22)23)18(21)17-16-5-3-2-4-14(16)10-11-24-17/h2-9,17H,10-12H2,1H3,(H,22,23). The third-order valence-corrected chi connectivity index (χ3v) is 5.44. The second kappa shape index (κ2) is 7.09. The zero-order valence-corrected chi connectivity index (χ0v) is 14.3. The average Bonchev–Trinajstić information content (AvgIpc) is 2.61. The Bertz CT molecular complexity index is 757. The fourth-order valence-electron chi connectivity index (χ4n) is 2.90. The van der Waals surface area contributed by atoms with Crippen molar-refractivity contribution in [3.8, 4) is 0 Å². The molecule has 3 rings (SSSR count). The maximum absolute atomic E-state index is 12.9.